The van der Waals surface area contributed by atoms with E-state index in [9.17, 15) is 0 Å². The number of halogens is 2. The molecule has 0 heterocycles. The molecule has 112 valence electrons. The van der Waals surface area contributed by atoms with Crippen LogP contribution in [0.4, 0.5) is 0 Å². The van der Waals surface area contributed by atoms with Crippen molar-refractivity contribution in [1.29, 1.82) is 0 Å². The Morgan fingerprint density at radius 1 is 1.10 bits per heavy atom. The third-order valence-electron chi connectivity index (χ3n) is 2.87. The van der Waals surface area contributed by atoms with E-state index in [0.29, 0.717) is 11.6 Å². The predicted molar refractivity (Wildman–Crippen MR) is 89.3 cm³/mol. The molecule has 0 radical (unpaired) electrons. The van der Waals surface area contributed by atoms with Gasteiger partial charge in [0.25, 0.3) is 0 Å². The molecule has 5 heteroatoms. The molecule has 0 unspecified atom stereocenters. The van der Waals surface area contributed by atoms with E-state index in [1.807, 2.05) is 30.3 Å². The lowest BCUT2D eigenvalue weighted by Crippen LogP contribution is -2.18. The van der Waals surface area contributed by atoms with Gasteiger partial charge in [-0.15, -0.1) is 0 Å². The second-order valence-electron chi connectivity index (χ2n) is 4.48. The van der Waals surface area contributed by atoms with Gasteiger partial charge in [0, 0.05) is 29.7 Å². The molecule has 0 aromatic heterocycles. The van der Waals surface area contributed by atoms with Gasteiger partial charge in [-0.25, -0.2) is 0 Å². The van der Waals surface area contributed by atoms with Crippen LogP contribution < -0.4 is 10.1 Å². The molecule has 0 aliphatic rings. The number of benzene rings is 2. The van der Waals surface area contributed by atoms with E-state index in [0.717, 1.165) is 29.1 Å². The summed E-state index contributed by atoms with van der Waals surface area (Å²) in [7, 11) is 1.69. The van der Waals surface area contributed by atoms with Crippen molar-refractivity contribution in [2.75, 3.05) is 20.3 Å². The zero-order valence-electron chi connectivity index (χ0n) is 11.7. The van der Waals surface area contributed by atoms with Crippen molar-refractivity contribution < 1.29 is 9.47 Å². The number of nitrogens with one attached hydrogen (secondary N) is 1. The molecule has 2 rings (SSSR count). The quantitative estimate of drug-likeness (QED) is 0.721. The zero-order chi connectivity index (χ0) is 15.1. The van der Waals surface area contributed by atoms with Crippen molar-refractivity contribution in [3.8, 4) is 11.5 Å². The molecule has 0 atom stereocenters. The summed E-state index contributed by atoms with van der Waals surface area (Å²) in [5.41, 5.74) is 1.18. The highest BCUT2D eigenvalue weighted by Crippen LogP contribution is 2.27. The van der Waals surface area contributed by atoms with Gasteiger partial charge in [-0.2, -0.15) is 0 Å². The Morgan fingerprint density at radius 2 is 1.81 bits per heavy atom. The highest BCUT2D eigenvalue weighted by atomic mass is 79.9. The standard InChI is InChI=1S/C16H17BrClNO2/c1-20-9-8-19-11-12-2-5-15(10-16(12)17)21-14-6-3-13(18)4-7-14/h2-7,10,19H,8-9,11H2,1H3. The SMILES string of the molecule is COCCNCc1ccc(Oc2ccc(Cl)cc2)cc1Br. The van der Waals surface area contributed by atoms with E-state index >= 15 is 0 Å². The molecule has 0 fully saturated rings. The van der Waals surface area contributed by atoms with Crippen LogP contribution in [0.15, 0.2) is 46.9 Å². The summed E-state index contributed by atoms with van der Waals surface area (Å²) >= 11 is 9.42. The maximum absolute atomic E-state index is 5.85. The lowest BCUT2D eigenvalue weighted by atomic mass is 10.2. The number of rotatable bonds is 7. The summed E-state index contributed by atoms with van der Waals surface area (Å²) in [6.45, 7) is 2.31. The smallest absolute Gasteiger partial charge is 0.128 e. The molecule has 0 saturated carbocycles. The van der Waals surface area contributed by atoms with Crippen LogP contribution >= 0.6 is 27.5 Å². The van der Waals surface area contributed by atoms with Crippen LogP contribution in [0, 0.1) is 0 Å². The van der Waals surface area contributed by atoms with Crippen molar-refractivity contribution >= 4 is 27.5 Å². The van der Waals surface area contributed by atoms with Gasteiger partial charge in [0.15, 0.2) is 0 Å². The van der Waals surface area contributed by atoms with Crippen molar-refractivity contribution in [1.82, 2.24) is 5.32 Å². The van der Waals surface area contributed by atoms with Crippen LogP contribution in [-0.2, 0) is 11.3 Å². The third kappa shape index (κ3) is 5.32. The van der Waals surface area contributed by atoms with Gasteiger partial charge >= 0.3 is 0 Å². The highest BCUT2D eigenvalue weighted by molar-refractivity contribution is 9.10. The van der Waals surface area contributed by atoms with Crippen molar-refractivity contribution in [3.05, 3.63) is 57.5 Å². The Hall–Kier alpha value is -1.07. The first kappa shape index (κ1) is 16.3. The monoisotopic (exact) mass is 369 g/mol. The van der Waals surface area contributed by atoms with E-state index in [1.165, 1.54) is 5.56 Å². The minimum absolute atomic E-state index is 0.695. The van der Waals surface area contributed by atoms with Gasteiger partial charge in [0.2, 0.25) is 0 Å². The topological polar surface area (TPSA) is 30.5 Å². The van der Waals surface area contributed by atoms with Gasteiger partial charge in [-0.1, -0.05) is 33.6 Å². The Labute approximate surface area is 138 Å². The van der Waals surface area contributed by atoms with Crippen molar-refractivity contribution in [3.63, 3.8) is 0 Å². The summed E-state index contributed by atoms with van der Waals surface area (Å²) in [5, 5.41) is 4.00. The van der Waals surface area contributed by atoms with E-state index in [-0.39, 0.29) is 0 Å². The number of methoxy groups -OCH3 is 1. The first-order valence-corrected chi connectivity index (χ1v) is 7.77. The van der Waals surface area contributed by atoms with Crippen molar-refractivity contribution in [2.24, 2.45) is 0 Å². The summed E-state index contributed by atoms with van der Waals surface area (Å²) in [4.78, 5) is 0. The molecule has 0 bridgehead atoms. The van der Waals surface area contributed by atoms with Crippen molar-refractivity contribution in [2.45, 2.75) is 6.54 Å². The van der Waals surface area contributed by atoms with Crippen LogP contribution in [0.2, 0.25) is 5.02 Å². The second kappa shape index (κ2) is 8.39. The first-order valence-electron chi connectivity index (χ1n) is 6.60. The Bertz CT molecular complexity index is 575. The lowest BCUT2D eigenvalue weighted by Gasteiger charge is -2.10. The minimum Gasteiger partial charge on any atom is -0.457 e. The second-order valence-corrected chi connectivity index (χ2v) is 5.77. The van der Waals surface area contributed by atoms with Crippen LogP contribution in [-0.4, -0.2) is 20.3 Å². The third-order valence-corrected chi connectivity index (χ3v) is 3.86. The molecule has 0 amide bonds. The minimum atomic E-state index is 0.695. The first-order chi connectivity index (χ1) is 10.2. The van der Waals surface area contributed by atoms with E-state index in [1.54, 1.807) is 19.2 Å². The highest BCUT2D eigenvalue weighted by Gasteiger charge is 2.03. The summed E-state index contributed by atoms with van der Waals surface area (Å²) in [6, 6.07) is 13.2. The number of ether oxygens (including phenoxy) is 2. The molecule has 3 nitrogen and oxygen atoms in total. The molecular formula is C16H17BrClNO2. The fourth-order valence-corrected chi connectivity index (χ4v) is 2.39. The van der Waals surface area contributed by atoms with Crippen LogP contribution in [0.3, 0.4) is 0 Å². The zero-order valence-corrected chi connectivity index (χ0v) is 14.1. The van der Waals surface area contributed by atoms with Crippen LogP contribution in [0.1, 0.15) is 5.56 Å². The van der Waals surface area contributed by atoms with Gasteiger partial charge in [-0.05, 0) is 42.0 Å². The Kier molecular flexibility index (Phi) is 6.51. The van der Waals surface area contributed by atoms with E-state index < -0.39 is 0 Å². The Morgan fingerprint density at radius 3 is 2.48 bits per heavy atom. The molecule has 0 saturated heterocycles. The largest absolute Gasteiger partial charge is 0.457 e. The van der Waals surface area contributed by atoms with Crippen LogP contribution in [0.25, 0.3) is 0 Å². The number of hydrogen-bond acceptors (Lipinski definition) is 3. The summed E-state index contributed by atoms with van der Waals surface area (Å²) in [6.07, 6.45) is 0. The average Bonchev–Trinajstić information content (AvgIpc) is 2.48. The maximum Gasteiger partial charge on any atom is 0.128 e. The fraction of sp³-hybridized carbons (Fsp3) is 0.250. The molecule has 2 aromatic rings. The molecular weight excluding hydrogens is 354 g/mol. The van der Waals surface area contributed by atoms with Gasteiger partial charge in [-0.3, -0.25) is 0 Å². The fourth-order valence-electron chi connectivity index (χ4n) is 1.77. The normalized spacial score (nSPS) is 10.6. The van der Waals surface area contributed by atoms with Gasteiger partial charge in [0.05, 0.1) is 6.61 Å². The Balaban J connectivity index is 1.96. The van der Waals surface area contributed by atoms with E-state index in [2.05, 4.69) is 21.2 Å². The summed E-state index contributed by atoms with van der Waals surface area (Å²) in [5.74, 6) is 1.54. The van der Waals surface area contributed by atoms with Gasteiger partial charge < -0.3 is 14.8 Å². The predicted octanol–water partition coefficient (Wildman–Crippen LogP) is 4.63. The molecule has 0 aliphatic heterocycles. The van der Waals surface area contributed by atoms with E-state index in [4.69, 9.17) is 21.1 Å². The molecule has 0 aliphatic carbocycles. The molecule has 21 heavy (non-hydrogen) atoms. The van der Waals surface area contributed by atoms with Crippen LogP contribution in [0.5, 0.6) is 11.5 Å². The average molecular weight is 371 g/mol. The number of hydrogen-bond donors (Lipinski definition) is 1. The lowest BCUT2D eigenvalue weighted by molar-refractivity contribution is 0.199. The van der Waals surface area contributed by atoms with Gasteiger partial charge in [0.1, 0.15) is 11.5 Å². The molecule has 2 aromatic carbocycles. The molecule has 1 N–H and O–H groups in total. The molecule has 0 spiro atoms. The maximum atomic E-state index is 5.85. The summed E-state index contributed by atoms with van der Waals surface area (Å²) < 4.78 is 11.8.